The van der Waals surface area contributed by atoms with Crippen molar-refractivity contribution in [2.75, 3.05) is 42.7 Å². The van der Waals surface area contributed by atoms with E-state index in [9.17, 15) is 4.79 Å². The lowest BCUT2D eigenvalue weighted by molar-refractivity contribution is 0.0947. The molecular formula is C20H25NO7. The van der Waals surface area contributed by atoms with E-state index in [1.807, 2.05) is 0 Å². The first-order valence-electron chi connectivity index (χ1n) is 8.40. The second-order valence-corrected chi connectivity index (χ2v) is 5.60. The summed E-state index contributed by atoms with van der Waals surface area (Å²) in [6.45, 7) is 0.243. The van der Waals surface area contributed by atoms with Gasteiger partial charge in [-0.05, 0) is 29.8 Å². The molecule has 0 aliphatic heterocycles. The highest BCUT2D eigenvalue weighted by Gasteiger charge is 2.21. The van der Waals surface area contributed by atoms with Gasteiger partial charge in [0.15, 0.2) is 23.0 Å². The van der Waals surface area contributed by atoms with Crippen LogP contribution in [0.25, 0.3) is 0 Å². The van der Waals surface area contributed by atoms with Crippen LogP contribution in [-0.4, -0.2) is 48.6 Å². The first-order valence-corrected chi connectivity index (χ1v) is 8.40. The predicted molar refractivity (Wildman–Crippen MR) is 103 cm³/mol. The molecule has 1 amide bonds. The predicted octanol–water partition coefficient (Wildman–Crippen LogP) is 2.67. The molecule has 0 unspecified atom stereocenters. The number of amides is 1. The van der Waals surface area contributed by atoms with E-state index in [4.69, 9.17) is 28.4 Å². The molecule has 152 valence electrons. The number of carbonyl (C=O) groups is 1. The maximum atomic E-state index is 12.7. The average molecular weight is 391 g/mol. The zero-order valence-corrected chi connectivity index (χ0v) is 16.9. The molecule has 2 aromatic carbocycles. The normalized spacial score (nSPS) is 10.1. The van der Waals surface area contributed by atoms with E-state index in [1.54, 1.807) is 24.3 Å². The van der Waals surface area contributed by atoms with Gasteiger partial charge in [0, 0.05) is 6.54 Å². The van der Waals surface area contributed by atoms with Gasteiger partial charge in [-0.2, -0.15) is 0 Å². The monoisotopic (exact) mass is 391 g/mol. The van der Waals surface area contributed by atoms with Crippen molar-refractivity contribution in [1.82, 2.24) is 5.32 Å². The van der Waals surface area contributed by atoms with Crippen molar-refractivity contribution in [3.8, 4) is 34.5 Å². The molecule has 8 nitrogen and oxygen atoms in total. The largest absolute Gasteiger partial charge is 0.493 e. The van der Waals surface area contributed by atoms with E-state index in [1.165, 1.54) is 42.7 Å². The molecule has 2 rings (SSSR count). The molecule has 0 fully saturated rings. The zero-order chi connectivity index (χ0) is 20.7. The summed E-state index contributed by atoms with van der Waals surface area (Å²) in [7, 11) is 9.07. The summed E-state index contributed by atoms with van der Waals surface area (Å²) in [4.78, 5) is 12.7. The molecule has 28 heavy (non-hydrogen) atoms. The summed E-state index contributed by atoms with van der Waals surface area (Å²) in [6.07, 6.45) is 0. The Bertz CT molecular complexity index is 811. The van der Waals surface area contributed by atoms with Crippen LogP contribution in [0.4, 0.5) is 0 Å². The van der Waals surface area contributed by atoms with Crippen LogP contribution in [0.3, 0.4) is 0 Å². The fourth-order valence-corrected chi connectivity index (χ4v) is 2.80. The number of rotatable bonds is 9. The van der Waals surface area contributed by atoms with Crippen molar-refractivity contribution in [3.63, 3.8) is 0 Å². The van der Waals surface area contributed by atoms with Crippen molar-refractivity contribution >= 4 is 5.91 Å². The first kappa shape index (κ1) is 21.0. The molecule has 0 aliphatic rings. The molecule has 0 bridgehead atoms. The third-order valence-corrected chi connectivity index (χ3v) is 4.13. The van der Waals surface area contributed by atoms with Gasteiger partial charge in [0.25, 0.3) is 5.91 Å². The highest BCUT2D eigenvalue weighted by atomic mass is 16.5. The number of methoxy groups -OCH3 is 6. The van der Waals surface area contributed by atoms with E-state index in [0.29, 0.717) is 40.1 Å². The van der Waals surface area contributed by atoms with E-state index >= 15 is 0 Å². The number of benzene rings is 2. The minimum Gasteiger partial charge on any atom is -0.493 e. The van der Waals surface area contributed by atoms with Crippen LogP contribution in [0.2, 0.25) is 0 Å². The Morgan fingerprint density at radius 1 is 0.714 bits per heavy atom. The van der Waals surface area contributed by atoms with Crippen LogP contribution in [0.15, 0.2) is 24.3 Å². The van der Waals surface area contributed by atoms with Crippen LogP contribution in [-0.2, 0) is 6.54 Å². The minimum atomic E-state index is -0.327. The van der Waals surface area contributed by atoms with Crippen LogP contribution >= 0.6 is 0 Å². The standard InChI is InChI=1S/C20H25NO7/c1-23-14-8-7-13(17(26-4)19(14)28-6)20(22)21-11-12-9-15(24-2)18(27-5)16(10-12)25-3/h7-10H,11H2,1-6H3,(H,21,22). The molecule has 0 spiro atoms. The maximum absolute atomic E-state index is 12.7. The van der Waals surface area contributed by atoms with Crippen LogP contribution in [0, 0.1) is 0 Å². The Morgan fingerprint density at radius 2 is 1.25 bits per heavy atom. The van der Waals surface area contributed by atoms with E-state index in [0.717, 1.165) is 5.56 Å². The number of carbonyl (C=O) groups excluding carboxylic acids is 1. The molecular weight excluding hydrogens is 366 g/mol. The Balaban J connectivity index is 2.27. The molecule has 8 heteroatoms. The summed E-state index contributed by atoms with van der Waals surface area (Å²) in [6, 6.07) is 6.81. The third kappa shape index (κ3) is 4.16. The summed E-state index contributed by atoms with van der Waals surface area (Å²) in [5.41, 5.74) is 1.11. The van der Waals surface area contributed by atoms with Gasteiger partial charge in [-0.25, -0.2) is 0 Å². The topological polar surface area (TPSA) is 84.5 Å². The minimum absolute atomic E-state index is 0.243. The quantitative estimate of drug-likeness (QED) is 0.703. The number of hydrogen-bond acceptors (Lipinski definition) is 7. The first-order chi connectivity index (χ1) is 13.5. The molecule has 1 N–H and O–H groups in total. The highest BCUT2D eigenvalue weighted by Crippen LogP contribution is 2.40. The third-order valence-electron chi connectivity index (χ3n) is 4.13. The molecule has 0 aliphatic carbocycles. The van der Waals surface area contributed by atoms with E-state index in [-0.39, 0.29) is 12.5 Å². The maximum Gasteiger partial charge on any atom is 0.255 e. The van der Waals surface area contributed by atoms with Gasteiger partial charge in [0.1, 0.15) is 0 Å². The summed E-state index contributed by atoms with van der Waals surface area (Å²) < 4.78 is 31.9. The van der Waals surface area contributed by atoms with Crippen LogP contribution in [0.5, 0.6) is 34.5 Å². The molecule has 0 radical (unpaired) electrons. The second kappa shape index (κ2) is 9.59. The van der Waals surface area contributed by atoms with Crippen molar-refractivity contribution in [2.24, 2.45) is 0 Å². The summed E-state index contributed by atoms with van der Waals surface area (Å²) >= 11 is 0. The van der Waals surface area contributed by atoms with E-state index in [2.05, 4.69) is 5.32 Å². The van der Waals surface area contributed by atoms with Gasteiger partial charge < -0.3 is 33.7 Å². The van der Waals surface area contributed by atoms with Gasteiger partial charge in [0.05, 0.1) is 48.2 Å². The van der Waals surface area contributed by atoms with E-state index < -0.39 is 0 Å². The van der Waals surface area contributed by atoms with Gasteiger partial charge in [-0.1, -0.05) is 0 Å². The van der Waals surface area contributed by atoms with Gasteiger partial charge in [-0.15, -0.1) is 0 Å². The molecule has 2 aromatic rings. The van der Waals surface area contributed by atoms with Crippen molar-refractivity contribution in [1.29, 1.82) is 0 Å². The van der Waals surface area contributed by atoms with Gasteiger partial charge in [-0.3, -0.25) is 4.79 Å². The fourth-order valence-electron chi connectivity index (χ4n) is 2.80. The zero-order valence-electron chi connectivity index (χ0n) is 16.9. The van der Waals surface area contributed by atoms with Crippen molar-refractivity contribution in [3.05, 3.63) is 35.4 Å². The molecule has 0 heterocycles. The Hall–Kier alpha value is -3.29. The lowest BCUT2D eigenvalue weighted by atomic mass is 10.1. The Labute approximate surface area is 164 Å². The highest BCUT2D eigenvalue weighted by molar-refractivity contribution is 5.98. The number of nitrogens with one attached hydrogen (secondary N) is 1. The smallest absolute Gasteiger partial charge is 0.255 e. The van der Waals surface area contributed by atoms with Gasteiger partial charge >= 0.3 is 0 Å². The fraction of sp³-hybridized carbons (Fsp3) is 0.350. The van der Waals surface area contributed by atoms with Crippen molar-refractivity contribution < 1.29 is 33.2 Å². The number of ether oxygens (including phenoxy) is 6. The Morgan fingerprint density at radius 3 is 1.71 bits per heavy atom. The number of hydrogen-bond donors (Lipinski definition) is 1. The van der Waals surface area contributed by atoms with Crippen LogP contribution in [0.1, 0.15) is 15.9 Å². The molecule has 0 atom stereocenters. The lowest BCUT2D eigenvalue weighted by Crippen LogP contribution is -2.23. The SMILES string of the molecule is COc1cc(CNC(=O)c2ccc(OC)c(OC)c2OC)cc(OC)c1OC. The average Bonchev–Trinajstić information content (AvgIpc) is 2.74. The molecule has 0 aromatic heterocycles. The molecule has 0 saturated carbocycles. The van der Waals surface area contributed by atoms with Crippen molar-refractivity contribution in [2.45, 2.75) is 6.54 Å². The molecule has 0 saturated heterocycles. The lowest BCUT2D eigenvalue weighted by Gasteiger charge is -2.16. The Kier molecular flexibility index (Phi) is 7.20. The van der Waals surface area contributed by atoms with Gasteiger partial charge in [0.2, 0.25) is 11.5 Å². The summed E-state index contributed by atoms with van der Waals surface area (Å²) in [5, 5.41) is 2.85. The second-order valence-electron chi connectivity index (χ2n) is 5.60. The van der Waals surface area contributed by atoms with Crippen LogP contribution < -0.4 is 33.7 Å². The summed E-state index contributed by atoms with van der Waals surface area (Å²) in [5.74, 6) is 2.30.